The number of ether oxygens (including phenoxy) is 1. The topological polar surface area (TPSA) is 61.5 Å². The van der Waals surface area contributed by atoms with Crippen LogP contribution in [0.2, 0.25) is 0 Å². The Kier molecular flexibility index (Phi) is 5.40. The van der Waals surface area contributed by atoms with Gasteiger partial charge in [0, 0.05) is 17.3 Å². The fourth-order valence-electron chi connectivity index (χ4n) is 2.65. The molecule has 0 bridgehead atoms. The fraction of sp³-hybridized carbons (Fsp3) is 0.316. The molecule has 0 saturated carbocycles. The van der Waals surface area contributed by atoms with E-state index in [9.17, 15) is 5.26 Å². The molecule has 1 aromatic heterocycles. The fourth-order valence-corrected chi connectivity index (χ4v) is 3.68. The van der Waals surface area contributed by atoms with E-state index in [0.717, 1.165) is 34.2 Å². The lowest BCUT2D eigenvalue weighted by atomic mass is 10.1. The van der Waals surface area contributed by atoms with Crippen molar-refractivity contribution in [2.24, 2.45) is 4.99 Å². The van der Waals surface area contributed by atoms with Crippen molar-refractivity contribution in [3.05, 3.63) is 48.2 Å². The van der Waals surface area contributed by atoms with Crippen molar-refractivity contribution in [1.29, 1.82) is 5.26 Å². The summed E-state index contributed by atoms with van der Waals surface area (Å²) in [7, 11) is 0. The van der Waals surface area contributed by atoms with Crippen molar-refractivity contribution < 1.29 is 4.74 Å². The Balaban J connectivity index is 1.97. The van der Waals surface area contributed by atoms with Crippen molar-refractivity contribution in [2.75, 3.05) is 5.75 Å². The lowest BCUT2D eigenvalue weighted by Gasteiger charge is -2.30. The molecular weight excluding hydrogens is 368 g/mol. The van der Waals surface area contributed by atoms with Crippen LogP contribution in [0.4, 0.5) is 0 Å². The second-order valence-corrected chi connectivity index (χ2v) is 7.84. The molecule has 0 amide bonds. The second-order valence-electron chi connectivity index (χ2n) is 6.18. The molecule has 2 aliphatic heterocycles. The predicted molar refractivity (Wildman–Crippen MR) is 106 cm³/mol. The van der Waals surface area contributed by atoms with E-state index in [1.807, 2.05) is 23.2 Å². The third-order valence-corrected chi connectivity index (χ3v) is 4.97. The minimum Gasteiger partial charge on any atom is -0.471 e. The highest BCUT2D eigenvalue weighted by Gasteiger charge is 2.26. The maximum atomic E-state index is 9.19. The number of fused-ring (bicyclic) bond motifs is 1. The normalized spacial score (nSPS) is 16.3. The first kappa shape index (κ1) is 18.6. The minimum atomic E-state index is -0.906. The Hall–Kier alpha value is -2.23. The Bertz CT molecular complexity index is 880. The van der Waals surface area contributed by atoms with Crippen molar-refractivity contribution in [1.82, 2.24) is 9.88 Å². The number of aromatic nitrogens is 1. The molecule has 0 saturated heterocycles. The smallest absolute Gasteiger partial charge is 0.188 e. The van der Waals surface area contributed by atoms with E-state index in [4.69, 9.17) is 16.3 Å². The lowest BCUT2D eigenvalue weighted by molar-refractivity contribution is 0.168. The molecule has 3 heterocycles. The van der Waals surface area contributed by atoms with Crippen LogP contribution in [0.5, 0.6) is 5.75 Å². The standard InChI is InChI=1S/C19H19ClN4OS/c1-4-26-16-10-13(25-19(2,3)12-21)11-23-17(16)14-6-5-7-15-18(20)22-8-9-24(14)15/h6-11H,4-5H2,1-3H3. The molecule has 0 radical (unpaired) electrons. The molecule has 0 N–H and O–H groups in total. The molecule has 5 nitrogen and oxygen atoms in total. The Morgan fingerprint density at radius 3 is 2.88 bits per heavy atom. The first-order valence-corrected chi connectivity index (χ1v) is 9.65. The summed E-state index contributed by atoms with van der Waals surface area (Å²) in [6.45, 7) is 5.55. The average Bonchev–Trinajstić information content (AvgIpc) is 2.62. The van der Waals surface area contributed by atoms with Crippen molar-refractivity contribution >= 4 is 34.2 Å². The molecule has 0 spiro atoms. The van der Waals surface area contributed by atoms with Crippen LogP contribution in [0.3, 0.4) is 0 Å². The number of aliphatic imine (C=N–C) groups is 1. The van der Waals surface area contributed by atoms with Gasteiger partial charge in [0.15, 0.2) is 10.8 Å². The zero-order valence-corrected chi connectivity index (χ0v) is 16.4. The van der Waals surface area contributed by atoms with Gasteiger partial charge in [-0.3, -0.25) is 0 Å². The molecule has 7 heteroatoms. The van der Waals surface area contributed by atoms with Crippen LogP contribution in [-0.4, -0.2) is 26.4 Å². The van der Waals surface area contributed by atoms with Gasteiger partial charge in [0.25, 0.3) is 0 Å². The minimum absolute atomic E-state index is 0.471. The van der Waals surface area contributed by atoms with Crippen LogP contribution in [0.1, 0.15) is 32.9 Å². The number of allylic oxidation sites excluding steroid dienone is 3. The average molecular weight is 387 g/mol. The van der Waals surface area contributed by atoms with Gasteiger partial charge in [-0.05, 0) is 32.1 Å². The van der Waals surface area contributed by atoms with Crippen LogP contribution in [0.15, 0.2) is 52.4 Å². The second kappa shape index (κ2) is 7.56. The highest BCUT2D eigenvalue weighted by molar-refractivity contribution is 7.99. The number of pyridine rings is 1. The van der Waals surface area contributed by atoms with Crippen LogP contribution in [0.25, 0.3) is 5.70 Å². The van der Waals surface area contributed by atoms with Gasteiger partial charge in [-0.2, -0.15) is 5.26 Å². The molecule has 0 atom stereocenters. The van der Waals surface area contributed by atoms with Crippen LogP contribution < -0.4 is 4.74 Å². The monoisotopic (exact) mass is 386 g/mol. The lowest BCUT2D eigenvalue weighted by Crippen LogP contribution is -2.26. The maximum Gasteiger partial charge on any atom is 0.188 e. The Morgan fingerprint density at radius 1 is 1.38 bits per heavy atom. The molecule has 2 aliphatic rings. The Morgan fingerprint density at radius 2 is 2.15 bits per heavy atom. The molecule has 0 unspecified atom stereocenters. The van der Waals surface area contributed by atoms with Gasteiger partial charge in [0.2, 0.25) is 0 Å². The van der Waals surface area contributed by atoms with E-state index in [-0.39, 0.29) is 0 Å². The first-order chi connectivity index (χ1) is 12.4. The quantitative estimate of drug-likeness (QED) is 0.671. The summed E-state index contributed by atoms with van der Waals surface area (Å²) in [5.41, 5.74) is 1.79. The summed E-state index contributed by atoms with van der Waals surface area (Å²) >= 11 is 7.93. The van der Waals surface area contributed by atoms with E-state index < -0.39 is 5.60 Å². The van der Waals surface area contributed by atoms with E-state index in [1.54, 1.807) is 38.0 Å². The Labute approximate surface area is 162 Å². The third-order valence-electron chi connectivity index (χ3n) is 3.77. The van der Waals surface area contributed by atoms with E-state index in [0.29, 0.717) is 10.9 Å². The third kappa shape index (κ3) is 3.79. The number of nitriles is 1. The largest absolute Gasteiger partial charge is 0.471 e. The molecule has 1 aromatic rings. The van der Waals surface area contributed by atoms with Gasteiger partial charge in [0.05, 0.1) is 17.6 Å². The molecule has 134 valence electrons. The SMILES string of the molecule is CCSc1cc(OC(C)(C)C#N)cnc1C1=CCC=C2C(Cl)=NC=CN21. The highest BCUT2D eigenvalue weighted by Crippen LogP contribution is 2.37. The first-order valence-electron chi connectivity index (χ1n) is 8.28. The van der Waals surface area contributed by atoms with Gasteiger partial charge >= 0.3 is 0 Å². The number of thioether (sulfide) groups is 1. The zero-order chi connectivity index (χ0) is 18.7. The van der Waals surface area contributed by atoms with Crippen LogP contribution in [-0.2, 0) is 0 Å². The summed E-state index contributed by atoms with van der Waals surface area (Å²) in [6.07, 6.45) is 10.1. The zero-order valence-electron chi connectivity index (χ0n) is 14.9. The number of hydrogen-bond acceptors (Lipinski definition) is 6. The number of rotatable bonds is 5. The summed E-state index contributed by atoms with van der Waals surface area (Å²) in [5.74, 6) is 1.48. The van der Waals surface area contributed by atoms with Crippen molar-refractivity contribution in [3.8, 4) is 11.8 Å². The molecule has 26 heavy (non-hydrogen) atoms. The summed E-state index contributed by atoms with van der Waals surface area (Å²) in [4.78, 5) is 11.8. The highest BCUT2D eigenvalue weighted by atomic mass is 35.5. The van der Waals surface area contributed by atoms with Gasteiger partial charge in [-0.25, -0.2) is 9.98 Å². The number of hydrogen-bond donors (Lipinski definition) is 0. The maximum absolute atomic E-state index is 9.19. The van der Waals surface area contributed by atoms with Gasteiger partial charge in [0.1, 0.15) is 17.5 Å². The molecule has 3 rings (SSSR count). The molecule has 0 aromatic carbocycles. The predicted octanol–water partition coefficient (Wildman–Crippen LogP) is 4.93. The number of nitrogens with zero attached hydrogens (tertiary/aromatic N) is 4. The summed E-state index contributed by atoms with van der Waals surface area (Å²) in [5, 5.41) is 9.66. The summed E-state index contributed by atoms with van der Waals surface area (Å²) < 4.78 is 5.77. The molecule has 0 aliphatic carbocycles. The van der Waals surface area contributed by atoms with E-state index >= 15 is 0 Å². The van der Waals surface area contributed by atoms with Crippen LogP contribution in [0, 0.1) is 11.3 Å². The summed E-state index contributed by atoms with van der Waals surface area (Å²) in [6, 6.07) is 4.08. The van der Waals surface area contributed by atoms with Crippen molar-refractivity contribution in [2.45, 2.75) is 37.7 Å². The van der Waals surface area contributed by atoms with Gasteiger partial charge in [-0.1, -0.05) is 30.7 Å². The van der Waals surface area contributed by atoms with Crippen LogP contribution >= 0.6 is 23.4 Å². The molecule has 0 fully saturated rings. The van der Waals surface area contributed by atoms with Crippen molar-refractivity contribution in [3.63, 3.8) is 0 Å². The van der Waals surface area contributed by atoms with E-state index in [2.05, 4.69) is 29.0 Å². The molecular formula is C19H19ClN4OS. The number of halogens is 1. The van der Waals surface area contributed by atoms with Gasteiger partial charge < -0.3 is 9.64 Å². The van der Waals surface area contributed by atoms with E-state index in [1.165, 1.54) is 0 Å². The van der Waals surface area contributed by atoms with Gasteiger partial charge in [-0.15, -0.1) is 11.8 Å².